The van der Waals surface area contributed by atoms with Crippen LogP contribution in [0.25, 0.3) is 0 Å². The van der Waals surface area contributed by atoms with E-state index in [9.17, 15) is 4.79 Å². The first-order chi connectivity index (χ1) is 10.7. The fraction of sp³-hybridized carbons (Fsp3) is 0.500. The number of hydrogen-bond donors (Lipinski definition) is 0. The van der Waals surface area contributed by atoms with Gasteiger partial charge in [0.15, 0.2) is 5.17 Å². The summed E-state index contributed by atoms with van der Waals surface area (Å²) in [6, 6.07) is 0. The minimum absolute atomic E-state index is 0.426. The molecule has 0 bridgehead atoms. The van der Waals surface area contributed by atoms with Gasteiger partial charge in [-0.1, -0.05) is 17.8 Å². The highest BCUT2D eigenvalue weighted by molar-refractivity contribution is 8.14. The summed E-state index contributed by atoms with van der Waals surface area (Å²) in [6.07, 6.45) is 10.2. The van der Waals surface area contributed by atoms with Crippen molar-refractivity contribution in [2.75, 3.05) is 46.2 Å². The van der Waals surface area contributed by atoms with Crippen LogP contribution in [0.5, 0.6) is 0 Å². The molecular weight excluding hydrogens is 298 g/mol. The fourth-order valence-electron chi connectivity index (χ4n) is 2.21. The molecule has 0 atom stereocenters. The van der Waals surface area contributed by atoms with Crippen molar-refractivity contribution >= 4 is 23.2 Å². The van der Waals surface area contributed by atoms with Crippen LogP contribution in [0.4, 0.5) is 0 Å². The summed E-state index contributed by atoms with van der Waals surface area (Å²) in [5, 5.41) is 0.856. The maximum Gasteiger partial charge on any atom is 0.163 e. The molecule has 22 heavy (non-hydrogen) atoms. The van der Waals surface area contributed by atoms with Crippen LogP contribution in [0, 0.1) is 0 Å². The zero-order valence-electron chi connectivity index (χ0n) is 13.2. The van der Waals surface area contributed by atoms with E-state index in [0.29, 0.717) is 5.75 Å². The zero-order chi connectivity index (χ0) is 15.8. The Morgan fingerprint density at radius 1 is 1.41 bits per heavy atom. The molecule has 0 N–H and O–H groups in total. The molecule has 0 aromatic carbocycles. The summed E-state index contributed by atoms with van der Waals surface area (Å²) in [5.41, 5.74) is 2.21. The molecule has 6 heteroatoms. The first-order valence-electron chi connectivity index (χ1n) is 7.43. The third kappa shape index (κ3) is 5.03. The monoisotopic (exact) mass is 321 g/mol. The quantitative estimate of drug-likeness (QED) is 0.449. The Bertz CT molecular complexity index is 504. The average molecular weight is 321 g/mol. The maximum atomic E-state index is 10.6. The van der Waals surface area contributed by atoms with Gasteiger partial charge in [-0.25, -0.2) is 4.99 Å². The lowest BCUT2D eigenvalue weighted by molar-refractivity contribution is -0.105. The third-order valence-corrected chi connectivity index (χ3v) is 4.36. The number of nitrogens with zero attached hydrogens (tertiary/aromatic N) is 3. The summed E-state index contributed by atoms with van der Waals surface area (Å²) < 4.78 is 5.39. The van der Waals surface area contributed by atoms with E-state index in [0.717, 1.165) is 49.9 Å². The number of ether oxygens (including phenoxy) is 1. The van der Waals surface area contributed by atoms with Crippen LogP contribution in [0.3, 0.4) is 0 Å². The van der Waals surface area contributed by atoms with Crippen molar-refractivity contribution in [3.05, 3.63) is 35.7 Å². The topological polar surface area (TPSA) is 45.1 Å². The molecule has 0 amide bonds. The van der Waals surface area contributed by atoms with Gasteiger partial charge in [-0.05, 0) is 18.2 Å². The Morgan fingerprint density at radius 3 is 2.86 bits per heavy atom. The van der Waals surface area contributed by atoms with E-state index in [4.69, 9.17) is 4.74 Å². The molecule has 0 saturated carbocycles. The first-order valence-corrected chi connectivity index (χ1v) is 8.42. The molecule has 0 aromatic rings. The smallest absolute Gasteiger partial charge is 0.163 e. The van der Waals surface area contributed by atoms with Gasteiger partial charge < -0.3 is 19.3 Å². The second kappa shape index (κ2) is 8.80. The number of hydrogen-bond acceptors (Lipinski definition) is 5. The molecule has 1 aliphatic carbocycles. The van der Waals surface area contributed by atoms with E-state index in [1.165, 1.54) is 17.5 Å². The summed E-state index contributed by atoms with van der Waals surface area (Å²) in [6.45, 7) is 3.43. The standard InChI is InChI=1S/C16H23N3O2S/c1-18(2)16(22-13-10-20)17-14-4-3-5-15(7-6-14)19-8-11-21-12-9-19/h3,5-7,10H,4,8-9,11-13H2,1-2H3. The van der Waals surface area contributed by atoms with Crippen LogP contribution in [0.1, 0.15) is 6.42 Å². The number of aliphatic imine (C=N–C) groups is 1. The van der Waals surface area contributed by atoms with Crippen LogP contribution in [-0.2, 0) is 9.53 Å². The highest BCUT2D eigenvalue weighted by atomic mass is 32.2. The van der Waals surface area contributed by atoms with Gasteiger partial charge >= 0.3 is 0 Å². The van der Waals surface area contributed by atoms with Crippen LogP contribution >= 0.6 is 11.8 Å². The molecule has 1 aliphatic heterocycles. The van der Waals surface area contributed by atoms with E-state index >= 15 is 0 Å². The van der Waals surface area contributed by atoms with Crippen LogP contribution in [0.2, 0.25) is 0 Å². The minimum atomic E-state index is 0.426. The number of allylic oxidation sites excluding steroid dienone is 4. The number of aldehydes is 1. The summed E-state index contributed by atoms with van der Waals surface area (Å²) in [5.74, 6) is 0.426. The minimum Gasteiger partial charge on any atom is -0.378 e. The number of thioether (sulfide) groups is 1. The lowest BCUT2D eigenvalue weighted by Gasteiger charge is -2.29. The lowest BCUT2D eigenvalue weighted by Crippen LogP contribution is -2.35. The van der Waals surface area contributed by atoms with E-state index in [2.05, 4.69) is 34.2 Å². The Hall–Kier alpha value is -1.53. The fourth-order valence-corrected chi connectivity index (χ4v) is 2.87. The Balaban J connectivity index is 2.10. The van der Waals surface area contributed by atoms with E-state index in [1.807, 2.05) is 19.0 Å². The van der Waals surface area contributed by atoms with Gasteiger partial charge in [0.1, 0.15) is 6.29 Å². The highest BCUT2D eigenvalue weighted by Gasteiger charge is 2.12. The maximum absolute atomic E-state index is 10.6. The summed E-state index contributed by atoms with van der Waals surface area (Å²) in [7, 11) is 3.89. The van der Waals surface area contributed by atoms with Crippen molar-refractivity contribution in [1.82, 2.24) is 9.80 Å². The average Bonchev–Trinajstić information content (AvgIpc) is 2.77. The molecule has 1 fully saturated rings. The third-order valence-electron chi connectivity index (χ3n) is 3.34. The second-order valence-electron chi connectivity index (χ2n) is 5.22. The van der Waals surface area contributed by atoms with E-state index in [1.54, 1.807) is 0 Å². The van der Waals surface area contributed by atoms with Gasteiger partial charge in [0, 0.05) is 45.0 Å². The Morgan fingerprint density at radius 2 is 2.18 bits per heavy atom. The number of carbonyl (C=O) groups is 1. The van der Waals surface area contributed by atoms with Crippen LogP contribution in [-0.4, -0.2) is 67.4 Å². The van der Waals surface area contributed by atoms with Crippen molar-refractivity contribution in [1.29, 1.82) is 0 Å². The second-order valence-corrected chi connectivity index (χ2v) is 6.21. The van der Waals surface area contributed by atoms with Gasteiger partial charge in [0.25, 0.3) is 0 Å². The number of carbonyl (C=O) groups excluding carboxylic acids is 1. The van der Waals surface area contributed by atoms with E-state index < -0.39 is 0 Å². The molecular formula is C16H23N3O2S. The first kappa shape index (κ1) is 16.8. The van der Waals surface area contributed by atoms with Crippen LogP contribution < -0.4 is 0 Å². The number of morpholine rings is 1. The van der Waals surface area contributed by atoms with Crippen molar-refractivity contribution in [3.63, 3.8) is 0 Å². The van der Waals surface area contributed by atoms with Gasteiger partial charge in [0.05, 0.1) is 19.0 Å². The van der Waals surface area contributed by atoms with Crippen molar-refractivity contribution in [2.45, 2.75) is 6.42 Å². The number of amidine groups is 1. The highest BCUT2D eigenvalue weighted by Crippen LogP contribution is 2.18. The lowest BCUT2D eigenvalue weighted by atomic mass is 10.3. The Kier molecular flexibility index (Phi) is 6.74. The zero-order valence-corrected chi connectivity index (χ0v) is 14.0. The predicted octanol–water partition coefficient (Wildman–Crippen LogP) is 1.90. The van der Waals surface area contributed by atoms with Crippen molar-refractivity contribution in [3.8, 4) is 0 Å². The molecule has 1 heterocycles. The van der Waals surface area contributed by atoms with Crippen molar-refractivity contribution < 1.29 is 9.53 Å². The summed E-state index contributed by atoms with van der Waals surface area (Å²) in [4.78, 5) is 19.5. The molecule has 5 nitrogen and oxygen atoms in total. The molecule has 2 aliphatic rings. The molecule has 1 saturated heterocycles. The molecule has 120 valence electrons. The van der Waals surface area contributed by atoms with Gasteiger partial charge in [0.2, 0.25) is 0 Å². The van der Waals surface area contributed by atoms with Crippen molar-refractivity contribution in [2.24, 2.45) is 4.99 Å². The Labute approximate surface area is 136 Å². The molecule has 0 radical (unpaired) electrons. The molecule has 0 unspecified atom stereocenters. The molecule has 2 rings (SSSR count). The van der Waals surface area contributed by atoms with Gasteiger partial charge in [-0.3, -0.25) is 0 Å². The van der Waals surface area contributed by atoms with Gasteiger partial charge in [-0.2, -0.15) is 0 Å². The summed E-state index contributed by atoms with van der Waals surface area (Å²) >= 11 is 1.45. The normalized spacial score (nSPS) is 19.4. The van der Waals surface area contributed by atoms with E-state index in [-0.39, 0.29) is 0 Å². The largest absolute Gasteiger partial charge is 0.378 e. The predicted molar refractivity (Wildman–Crippen MR) is 92.0 cm³/mol. The number of rotatable bonds is 4. The van der Waals surface area contributed by atoms with Gasteiger partial charge in [-0.15, -0.1) is 0 Å². The SMILES string of the molecule is CN(C)C(=NC1=CC=C(N2CCOCC2)C=CC1)SCC=O. The van der Waals surface area contributed by atoms with Crippen LogP contribution in [0.15, 0.2) is 40.7 Å². The molecule has 0 spiro atoms. The molecule has 0 aromatic heterocycles.